The summed E-state index contributed by atoms with van der Waals surface area (Å²) in [7, 11) is 0. The highest BCUT2D eigenvalue weighted by Crippen LogP contribution is 2.16. The van der Waals surface area contributed by atoms with E-state index in [1.807, 2.05) is 32.0 Å². The summed E-state index contributed by atoms with van der Waals surface area (Å²) >= 11 is 0. The van der Waals surface area contributed by atoms with Crippen molar-refractivity contribution in [3.05, 3.63) is 41.5 Å². The van der Waals surface area contributed by atoms with Crippen molar-refractivity contribution in [2.75, 3.05) is 11.9 Å². The molecule has 0 saturated carbocycles. The van der Waals surface area contributed by atoms with Crippen molar-refractivity contribution < 1.29 is 19.4 Å². The molecule has 20 heavy (non-hydrogen) atoms. The third-order valence-corrected chi connectivity index (χ3v) is 2.53. The van der Waals surface area contributed by atoms with Gasteiger partial charge >= 0.3 is 11.9 Å². The van der Waals surface area contributed by atoms with Gasteiger partial charge in [-0.1, -0.05) is 18.2 Å². The van der Waals surface area contributed by atoms with Gasteiger partial charge in [0.05, 0.1) is 6.42 Å². The Kier molecular flexibility index (Phi) is 5.77. The van der Waals surface area contributed by atoms with Crippen molar-refractivity contribution in [2.24, 2.45) is 0 Å². The quantitative estimate of drug-likeness (QED) is 0.509. The van der Waals surface area contributed by atoms with Gasteiger partial charge in [-0.05, 0) is 37.1 Å². The Bertz CT molecular complexity index is 523. The van der Waals surface area contributed by atoms with Crippen LogP contribution in [0.5, 0.6) is 0 Å². The molecular weight excluding hydrogens is 258 g/mol. The average molecular weight is 277 g/mol. The van der Waals surface area contributed by atoms with Crippen LogP contribution in [-0.4, -0.2) is 18.5 Å². The molecule has 0 aliphatic carbocycles. The molecule has 0 aliphatic rings. The first-order valence-electron chi connectivity index (χ1n) is 6.24. The number of carbonyl (C=O) groups is 2. The van der Waals surface area contributed by atoms with Crippen LogP contribution in [0.4, 0.5) is 5.69 Å². The predicted molar refractivity (Wildman–Crippen MR) is 76.0 cm³/mol. The third-order valence-electron chi connectivity index (χ3n) is 2.53. The van der Waals surface area contributed by atoms with Crippen molar-refractivity contribution in [1.29, 1.82) is 0 Å². The van der Waals surface area contributed by atoms with E-state index in [9.17, 15) is 9.59 Å². The number of nitrogens with one attached hydrogen (secondary N) is 1. The van der Waals surface area contributed by atoms with Crippen LogP contribution in [0.15, 0.2) is 30.4 Å². The van der Waals surface area contributed by atoms with E-state index in [-0.39, 0.29) is 6.42 Å². The van der Waals surface area contributed by atoms with Crippen molar-refractivity contribution >= 4 is 17.6 Å². The number of benzene rings is 1. The number of rotatable bonds is 5. The minimum Gasteiger partial charge on any atom is -0.381 e. The SMILES string of the molecule is C=C(C)CNc1ccc(C)c(CC(=O)OOC(C)=O)c1. The van der Waals surface area contributed by atoms with Gasteiger partial charge in [0.15, 0.2) is 0 Å². The fourth-order valence-electron chi connectivity index (χ4n) is 1.51. The second kappa shape index (κ2) is 7.33. The molecule has 0 aliphatic heterocycles. The molecule has 108 valence electrons. The first-order valence-corrected chi connectivity index (χ1v) is 6.24. The second-order valence-electron chi connectivity index (χ2n) is 4.66. The molecule has 5 heteroatoms. The zero-order valence-electron chi connectivity index (χ0n) is 12.0. The van der Waals surface area contributed by atoms with Gasteiger partial charge in [-0.3, -0.25) is 0 Å². The number of hydrogen-bond donors (Lipinski definition) is 1. The molecule has 0 bridgehead atoms. The maximum absolute atomic E-state index is 11.5. The topological polar surface area (TPSA) is 64.6 Å². The molecule has 5 nitrogen and oxygen atoms in total. The molecule has 1 aromatic rings. The van der Waals surface area contributed by atoms with Gasteiger partial charge in [0.1, 0.15) is 0 Å². The summed E-state index contributed by atoms with van der Waals surface area (Å²) in [5.41, 5.74) is 3.69. The van der Waals surface area contributed by atoms with Crippen molar-refractivity contribution in [1.82, 2.24) is 0 Å². The highest BCUT2D eigenvalue weighted by Gasteiger charge is 2.10. The maximum atomic E-state index is 11.5. The lowest BCUT2D eigenvalue weighted by Crippen LogP contribution is -2.12. The van der Waals surface area contributed by atoms with Gasteiger partial charge in [0, 0.05) is 19.2 Å². The number of carbonyl (C=O) groups excluding carboxylic acids is 2. The standard InChI is InChI=1S/C15H19NO4/c1-10(2)9-16-14-6-5-11(3)13(7-14)8-15(18)20-19-12(4)17/h5-7,16H,1,8-9H2,2-4H3. The van der Waals surface area contributed by atoms with Gasteiger partial charge in [0.2, 0.25) is 0 Å². The van der Waals surface area contributed by atoms with Gasteiger partial charge < -0.3 is 5.32 Å². The number of aryl methyl sites for hydroxylation is 1. The molecule has 0 unspecified atom stereocenters. The molecule has 0 heterocycles. The van der Waals surface area contributed by atoms with Crippen LogP contribution in [0.3, 0.4) is 0 Å². The lowest BCUT2D eigenvalue weighted by Gasteiger charge is -2.10. The summed E-state index contributed by atoms with van der Waals surface area (Å²) in [6.07, 6.45) is 0.0434. The second-order valence-corrected chi connectivity index (χ2v) is 4.66. The minimum absolute atomic E-state index is 0.0434. The van der Waals surface area contributed by atoms with Crippen LogP contribution >= 0.6 is 0 Å². The first-order chi connectivity index (χ1) is 9.38. The Morgan fingerprint density at radius 1 is 1.25 bits per heavy atom. The molecule has 0 atom stereocenters. The van der Waals surface area contributed by atoms with Gasteiger partial charge in [-0.15, -0.1) is 0 Å². The average Bonchev–Trinajstić information content (AvgIpc) is 2.37. The van der Waals surface area contributed by atoms with Crippen molar-refractivity contribution in [2.45, 2.75) is 27.2 Å². The van der Waals surface area contributed by atoms with Crippen molar-refractivity contribution in [3.63, 3.8) is 0 Å². The van der Waals surface area contributed by atoms with Crippen LogP contribution in [0, 0.1) is 6.92 Å². The summed E-state index contributed by atoms with van der Waals surface area (Å²) < 4.78 is 0. The molecule has 1 N–H and O–H groups in total. The summed E-state index contributed by atoms with van der Waals surface area (Å²) in [5.74, 6) is -1.27. The molecule has 0 aromatic heterocycles. The third kappa shape index (κ3) is 5.56. The molecule has 1 rings (SSSR count). The molecule has 0 radical (unpaired) electrons. The van der Waals surface area contributed by atoms with E-state index in [4.69, 9.17) is 0 Å². The Hall–Kier alpha value is -2.30. The van der Waals surface area contributed by atoms with Crippen LogP contribution in [-0.2, 0) is 25.8 Å². The monoisotopic (exact) mass is 277 g/mol. The van der Waals surface area contributed by atoms with Crippen molar-refractivity contribution in [3.8, 4) is 0 Å². The fraction of sp³-hybridized carbons (Fsp3) is 0.333. The van der Waals surface area contributed by atoms with E-state index in [0.717, 1.165) is 22.4 Å². The van der Waals surface area contributed by atoms with E-state index < -0.39 is 11.9 Å². The van der Waals surface area contributed by atoms with E-state index in [1.165, 1.54) is 6.92 Å². The summed E-state index contributed by atoms with van der Waals surface area (Å²) in [6.45, 7) is 9.48. The maximum Gasteiger partial charge on any atom is 0.359 e. The molecular formula is C15H19NO4. The van der Waals surface area contributed by atoms with Crippen LogP contribution < -0.4 is 5.32 Å². The molecule has 1 aromatic carbocycles. The Labute approximate surface area is 118 Å². The van der Waals surface area contributed by atoms with E-state index in [0.29, 0.717) is 6.54 Å². The van der Waals surface area contributed by atoms with Crippen LogP contribution in [0.25, 0.3) is 0 Å². The summed E-state index contributed by atoms with van der Waals surface area (Å²) in [4.78, 5) is 30.7. The lowest BCUT2D eigenvalue weighted by atomic mass is 10.0. The van der Waals surface area contributed by atoms with Crippen LogP contribution in [0.1, 0.15) is 25.0 Å². The van der Waals surface area contributed by atoms with E-state index >= 15 is 0 Å². The van der Waals surface area contributed by atoms with Crippen LogP contribution in [0.2, 0.25) is 0 Å². The molecule has 0 amide bonds. The first kappa shape index (κ1) is 15.8. The summed E-state index contributed by atoms with van der Waals surface area (Å²) in [6, 6.07) is 5.71. The Morgan fingerprint density at radius 3 is 2.55 bits per heavy atom. The Morgan fingerprint density at radius 2 is 1.95 bits per heavy atom. The highest BCUT2D eigenvalue weighted by atomic mass is 17.2. The molecule has 0 fully saturated rings. The van der Waals surface area contributed by atoms with Gasteiger partial charge in [-0.2, -0.15) is 0 Å². The summed E-state index contributed by atoms with van der Waals surface area (Å²) in [5, 5.41) is 3.20. The largest absolute Gasteiger partial charge is 0.381 e. The van der Waals surface area contributed by atoms with E-state index in [2.05, 4.69) is 21.7 Å². The highest BCUT2D eigenvalue weighted by molar-refractivity contribution is 5.74. The predicted octanol–water partition coefficient (Wildman–Crippen LogP) is 2.55. The lowest BCUT2D eigenvalue weighted by molar-refractivity contribution is -0.256. The minimum atomic E-state index is -0.660. The smallest absolute Gasteiger partial charge is 0.359 e. The van der Waals surface area contributed by atoms with E-state index in [1.54, 1.807) is 0 Å². The zero-order chi connectivity index (χ0) is 15.1. The molecule has 0 spiro atoms. The Balaban J connectivity index is 2.68. The number of anilines is 1. The molecule has 0 saturated heterocycles. The number of hydrogen-bond acceptors (Lipinski definition) is 5. The van der Waals surface area contributed by atoms with Gasteiger partial charge in [-0.25, -0.2) is 19.4 Å². The normalized spacial score (nSPS) is 9.75. The van der Waals surface area contributed by atoms with Gasteiger partial charge in [0.25, 0.3) is 0 Å². The fourth-order valence-corrected chi connectivity index (χ4v) is 1.51. The zero-order valence-corrected chi connectivity index (χ0v) is 12.0.